The van der Waals surface area contributed by atoms with Gasteiger partial charge in [-0.3, -0.25) is 14.9 Å². The number of rotatable bonds is 8. The van der Waals surface area contributed by atoms with E-state index in [0.29, 0.717) is 5.56 Å². The highest BCUT2D eigenvalue weighted by Gasteiger charge is 2.15. The zero-order valence-electron chi connectivity index (χ0n) is 14.5. The minimum atomic E-state index is -0.609. The molecule has 142 valence electrons. The van der Waals surface area contributed by atoms with Crippen LogP contribution >= 0.6 is 0 Å². The highest BCUT2D eigenvalue weighted by Crippen LogP contribution is 2.36. The van der Waals surface area contributed by atoms with Crippen LogP contribution < -0.4 is 19.6 Å². The molecule has 0 radical (unpaired) electrons. The van der Waals surface area contributed by atoms with Crippen LogP contribution in [0.15, 0.2) is 41.5 Å². The van der Waals surface area contributed by atoms with E-state index in [-0.39, 0.29) is 28.7 Å². The Bertz CT molecular complexity index is 842. The summed E-state index contributed by atoms with van der Waals surface area (Å²) in [6.45, 7) is -0.454. The fraction of sp³-hybridized carbons (Fsp3) is 0.176. The second-order valence-electron chi connectivity index (χ2n) is 5.08. The summed E-state index contributed by atoms with van der Waals surface area (Å²) < 4.78 is 15.2. The monoisotopic (exact) mass is 375 g/mol. The Kier molecular flexibility index (Phi) is 6.53. The Hall–Kier alpha value is -3.82. The number of carbonyl (C=O) groups is 1. The topological polar surface area (TPSA) is 133 Å². The van der Waals surface area contributed by atoms with Gasteiger partial charge in [0.15, 0.2) is 23.9 Å². The average molecular weight is 375 g/mol. The Labute approximate surface area is 154 Å². The molecule has 10 heteroatoms. The number of nitrogens with zero attached hydrogens (tertiary/aromatic N) is 2. The van der Waals surface area contributed by atoms with E-state index >= 15 is 0 Å². The first kappa shape index (κ1) is 19.5. The molecule has 0 atom stereocenters. The second-order valence-corrected chi connectivity index (χ2v) is 5.08. The van der Waals surface area contributed by atoms with Crippen LogP contribution in [0.5, 0.6) is 23.0 Å². The molecule has 0 aliphatic heterocycles. The molecule has 0 bridgehead atoms. The number of amides is 1. The molecule has 0 saturated heterocycles. The minimum absolute atomic E-state index is 0.0189. The van der Waals surface area contributed by atoms with E-state index in [9.17, 15) is 20.0 Å². The van der Waals surface area contributed by atoms with Gasteiger partial charge in [-0.1, -0.05) is 12.1 Å². The molecular weight excluding hydrogens is 358 g/mol. The molecular formula is C17H17N3O7. The molecule has 2 rings (SSSR count). The van der Waals surface area contributed by atoms with Gasteiger partial charge in [-0.2, -0.15) is 5.10 Å². The smallest absolute Gasteiger partial charge is 0.310 e. The molecule has 10 nitrogen and oxygen atoms in total. The molecule has 2 aromatic rings. The number of aromatic hydroxyl groups is 1. The van der Waals surface area contributed by atoms with Crippen LogP contribution in [0, 0.1) is 10.1 Å². The lowest BCUT2D eigenvalue weighted by atomic mass is 10.2. The van der Waals surface area contributed by atoms with Crippen molar-refractivity contribution < 1.29 is 29.0 Å². The standard InChI is InChI=1S/C17H17N3O7/c1-25-14-7-11(8-15(26-2)17(14)22)9-18-19-16(21)10-27-13-6-4-3-5-12(13)20(23)24/h3-9,22H,10H2,1-2H3,(H,19,21)/b18-9+. The third-order valence-electron chi connectivity index (χ3n) is 3.33. The predicted molar refractivity (Wildman–Crippen MR) is 95.5 cm³/mol. The van der Waals surface area contributed by atoms with Crippen molar-refractivity contribution in [2.75, 3.05) is 20.8 Å². The number of nitro groups is 1. The number of hydrogen-bond acceptors (Lipinski definition) is 8. The third kappa shape index (κ3) is 5.08. The number of phenolic OH excluding ortho intramolecular Hbond substituents is 1. The highest BCUT2D eigenvalue weighted by molar-refractivity contribution is 5.84. The van der Waals surface area contributed by atoms with E-state index in [1.165, 1.54) is 50.8 Å². The molecule has 0 fully saturated rings. The summed E-state index contributed by atoms with van der Waals surface area (Å²) in [4.78, 5) is 22.1. The van der Waals surface area contributed by atoms with Crippen molar-refractivity contribution in [1.82, 2.24) is 5.43 Å². The molecule has 0 spiro atoms. The largest absolute Gasteiger partial charge is 0.502 e. The lowest BCUT2D eigenvalue weighted by Gasteiger charge is -2.09. The van der Waals surface area contributed by atoms with Gasteiger partial charge in [-0.05, 0) is 18.2 Å². The molecule has 2 aromatic carbocycles. The van der Waals surface area contributed by atoms with Gasteiger partial charge in [0.2, 0.25) is 5.75 Å². The Morgan fingerprint density at radius 3 is 2.44 bits per heavy atom. The number of benzene rings is 2. The number of para-hydroxylation sites is 2. The number of methoxy groups -OCH3 is 2. The van der Waals surface area contributed by atoms with Crippen LogP contribution in [0.2, 0.25) is 0 Å². The summed E-state index contributed by atoms with van der Waals surface area (Å²) >= 11 is 0. The zero-order valence-corrected chi connectivity index (χ0v) is 14.5. The van der Waals surface area contributed by atoms with Crippen molar-refractivity contribution in [2.45, 2.75) is 0 Å². The molecule has 2 N–H and O–H groups in total. The average Bonchev–Trinajstić information content (AvgIpc) is 2.67. The van der Waals surface area contributed by atoms with E-state index in [0.717, 1.165) is 0 Å². The van der Waals surface area contributed by atoms with Crippen molar-refractivity contribution >= 4 is 17.8 Å². The van der Waals surface area contributed by atoms with Gasteiger partial charge in [-0.15, -0.1) is 0 Å². The van der Waals surface area contributed by atoms with Gasteiger partial charge in [0, 0.05) is 11.6 Å². The first-order chi connectivity index (χ1) is 13.0. The second kappa shape index (κ2) is 9.04. The van der Waals surface area contributed by atoms with Crippen molar-refractivity contribution in [3.8, 4) is 23.0 Å². The number of hydrogen-bond donors (Lipinski definition) is 2. The summed E-state index contributed by atoms with van der Waals surface area (Å²) in [6, 6.07) is 8.72. The van der Waals surface area contributed by atoms with Crippen LogP contribution in [0.1, 0.15) is 5.56 Å². The molecule has 0 aromatic heterocycles. The number of phenols is 1. The van der Waals surface area contributed by atoms with Crippen molar-refractivity contribution in [3.63, 3.8) is 0 Å². The van der Waals surface area contributed by atoms with Gasteiger partial charge in [-0.25, -0.2) is 5.43 Å². The molecule has 0 unspecified atom stereocenters. The minimum Gasteiger partial charge on any atom is -0.502 e. The van der Waals surface area contributed by atoms with Crippen molar-refractivity contribution in [1.29, 1.82) is 0 Å². The number of carbonyl (C=O) groups excluding carboxylic acids is 1. The predicted octanol–water partition coefficient (Wildman–Crippen LogP) is 1.85. The quantitative estimate of drug-likeness (QED) is 0.409. The molecule has 27 heavy (non-hydrogen) atoms. The maximum Gasteiger partial charge on any atom is 0.310 e. The number of nitro benzene ring substituents is 1. The van der Waals surface area contributed by atoms with Crippen LogP contribution in [-0.2, 0) is 4.79 Å². The van der Waals surface area contributed by atoms with Gasteiger partial charge in [0.05, 0.1) is 25.4 Å². The third-order valence-corrected chi connectivity index (χ3v) is 3.33. The SMILES string of the molecule is COc1cc(/C=N/NC(=O)COc2ccccc2[N+](=O)[O-])cc(OC)c1O. The molecule has 0 aliphatic rings. The Morgan fingerprint density at radius 1 is 1.22 bits per heavy atom. The Balaban J connectivity index is 1.97. The van der Waals surface area contributed by atoms with Gasteiger partial charge >= 0.3 is 5.69 Å². The van der Waals surface area contributed by atoms with Crippen LogP contribution in [0.3, 0.4) is 0 Å². The van der Waals surface area contributed by atoms with E-state index in [2.05, 4.69) is 10.5 Å². The highest BCUT2D eigenvalue weighted by atomic mass is 16.6. The van der Waals surface area contributed by atoms with Crippen LogP contribution in [-0.4, -0.2) is 43.0 Å². The fourth-order valence-corrected chi connectivity index (χ4v) is 2.07. The van der Waals surface area contributed by atoms with Gasteiger partial charge in [0.25, 0.3) is 5.91 Å². The lowest BCUT2D eigenvalue weighted by Crippen LogP contribution is -2.24. The van der Waals surface area contributed by atoms with E-state index < -0.39 is 17.4 Å². The summed E-state index contributed by atoms with van der Waals surface area (Å²) in [5.74, 6) is -0.417. The van der Waals surface area contributed by atoms with Gasteiger partial charge < -0.3 is 19.3 Å². The Morgan fingerprint density at radius 2 is 1.85 bits per heavy atom. The van der Waals surface area contributed by atoms with Crippen molar-refractivity contribution in [3.05, 3.63) is 52.1 Å². The number of hydrazone groups is 1. The normalized spacial score (nSPS) is 10.4. The zero-order chi connectivity index (χ0) is 19.8. The number of ether oxygens (including phenoxy) is 3. The number of nitrogens with one attached hydrogen (secondary N) is 1. The lowest BCUT2D eigenvalue weighted by molar-refractivity contribution is -0.385. The van der Waals surface area contributed by atoms with E-state index in [1.54, 1.807) is 6.07 Å². The van der Waals surface area contributed by atoms with E-state index in [4.69, 9.17) is 14.2 Å². The maximum absolute atomic E-state index is 11.8. The summed E-state index contributed by atoms with van der Waals surface area (Å²) in [5.41, 5.74) is 2.49. The maximum atomic E-state index is 11.8. The molecule has 0 heterocycles. The molecule has 0 saturated carbocycles. The molecule has 0 aliphatic carbocycles. The summed E-state index contributed by atoms with van der Waals surface area (Å²) in [6.07, 6.45) is 1.31. The van der Waals surface area contributed by atoms with Gasteiger partial charge in [0.1, 0.15) is 0 Å². The molecule has 1 amide bonds. The van der Waals surface area contributed by atoms with Crippen molar-refractivity contribution in [2.24, 2.45) is 5.10 Å². The fourth-order valence-electron chi connectivity index (χ4n) is 2.07. The first-order valence-corrected chi connectivity index (χ1v) is 7.59. The first-order valence-electron chi connectivity index (χ1n) is 7.59. The van der Waals surface area contributed by atoms with Crippen LogP contribution in [0.25, 0.3) is 0 Å². The summed E-state index contributed by atoms with van der Waals surface area (Å²) in [7, 11) is 2.77. The summed E-state index contributed by atoms with van der Waals surface area (Å²) in [5, 5.41) is 24.5. The van der Waals surface area contributed by atoms with Crippen LogP contribution in [0.4, 0.5) is 5.69 Å². The van der Waals surface area contributed by atoms with E-state index in [1.807, 2.05) is 0 Å².